The van der Waals surface area contributed by atoms with Gasteiger partial charge in [-0.2, -0.15) is 5.10 Å². The van der Waals surface area contributed by atoms with E-state index in [9.17, 15) is 14.4 Å². The third-order valence-electron chi connectivity index (χ3n) is 4.05. The summed E-state index contributed by atoms with van der Waals surface area (Å²) in [4.78, 5) is 36.1. The van der Waals surface area contributed by atoms with Crippen molar-refractivity contribution >= 4 is 51.5 Å². The predicted molar refractivity (Wildman–Crippen MR) is 125 cm³/mol. The first-order valence-electron chi connectivity index (χ1n) is 9.34. The van der Waals surface area contributed by atoms with Crippen LogP contribution in [0, 0.1) is 0 Å². The normalized spacial score (nSPS) is 10.6. The molecular weight excluding hydrogens is 498 g/mol. The first-order valence-corrected chi connectivity index (χ1v) is 10.5. The fraction of sp³-hybridized carbons (Fsp3) is 0.0435. The zero-order chi connectivity index (χ0) is 22.9. The van der Waals surface area contributed by atoms with Gasteiger partial charge in [-0.25, -0.2) is 10.2 Å². The molecule has 162 valence electrons. The van der Waals surface area contributed by atoms with Crippen molar-refractivity contribution in [2.24, 2.45) is 5.10 Å². The molecule has 0 saturated carbocycles. The Bertz CT molecular complexity index is 1170. The molecule has 0 heterocycles. The van der Waals surface area contributed by atoms with Crippen molar-refractivity contribution in [1.82, 2.24) is 10.7 Å². The van der Waals surface area contributed by atoms with Crippen LogP contribution in [-0.4, -0.2) is 30.5 Å². The maximum atomic E-state index is 12.2. The molecule has 2 N–H and O–H groups in total. The Kier molecular flexibility index (Phi) is 8.13. The van der Waals surface area contributed by atoms with Gasteiger partial charge in [0.1, 0.15) is 5.75 Å². The van der Waals surface area contributed by atoms with Gasteiger partial charge in [-0.05, 0) is 60.2 Å². The van der Waals surface area contributed by atoms with Gasteiger partial charge in [-0.1, -0.05) is 45.7 Å². The largest absolute Gasteiger partial charge is 0.423 e. The van der Waals surface area contributed by atoms with E-state index in [-0.39, 0.29) is 12.5 Å². The van der Waals surface area contributed by atoms with E-state index in [4.69, 9.17) is 16.3 Å². The zero-order valence-corrected chi connectivity index (χ0v) is 18.9. The number of benzene rings is 3. The summed E-state index contributed by atoms with van der Waals surface area (Å²) >= 11 is 9.11. The SMILES string of the molecule is O=C(CNC(=O)c1cccc(Br)c1)N/N=C/c1cccc(OC(=O)c2ccc(Cl)cc2)c1. The number of hydrogen-bond donors (Lipinski definition) is 2. The molecule has 0 spiro atoms. The van der Waals surface area contributed by atoms with Crippen molar-refractivity contribution in [1.29, 1.82) is 0 Å². The minimum Gasteiger partial charge on any atom is -0.423 e. The molecule has 0 aliphatic rings. The summed E-state index contributed by atoms with van der Waals surface area (Å²) in [6.45, 7) is -0.235. The second kappa shape index (κ2) is 11.2. The number of halogens is 2. The maximum Gasteiger partial charge on any atom is 0.343 e. The molecule has 0 aromatic heterocycles. The molecule has 0 unspecified atom stereocenters. The first kappa shape index (κ1) is 23.2. The summed E-state index contributed by atoms with van der Waals surface area (Å²) in [7, 11) is 0. The van der Waals surface area contributed by atoms with Crippen molar-refractivity contribution < 1.29 is 19.1 Å². The van der Waals surface area contributed by atoms with Crippen molar-refractivity contribution in [3.05, 3.63) is 99.0 Å². The molecule has 0 fully saturated rings. The second-order valence-electron chi connectivity index (χ2n) is 6.46. The van der Waals surface area contributed by atoms with Gasteiger partial charge in [0.05, 0.1) is 18.3 Å². The average Bonchev–Trinajstić information content (AvgIpc) is 2.78. The quantitative estimate of drug-likeness (QED) is 0.214. The molecule has 0 radical (unpaired) electrons. The van der Waals surface area contributed by atoms with Crippen LogP contribution in [0.4, 0.5) is 0 Å². The Morgan fingerprint density at radius 2 is 1.72 bits per heavy atom. The van der Waals surface area contributed by atoms with Gasteiger partial charge in [-0.15, -0.1) is 0 Å². The summed E-state index contributed by atoms with van der Waals surface area (Å²) in [5, 5.41) is 6.89. The van der Waals surface area contributed by atoms with E-state index in [1.807, 2.05) is 0 Å². The highest BCUT2D eigenvalue weighted by molar-refractivity contribution is 9.10. The molecule has 0 atom stereocenters. The highest BCUT2D eigenvalue weighted by Crippen LogP contribution is 2.16. The van der Waals surface area contributed by atoms with Crippen LogP contribution < -0.4 is 15.5 Å². The molecule has 3 rings (SSSR count). The summed E-state index contributed by atoms with van der Waals surface area (Å²) in [6.07, 6.45) is 1.40. The lowest BCUT2D eigenvalue weighted by molar-refractivity contribution is -0.120. The zero-order valence-electron chi connectivity index (χ0n) is 16.5. The monoisotopic (exact) mass is 513 g/mol. The van der Waals surface area contributed by atoms with Gasteiger partial charge in [0.15, 0.2) is 0 Å². The van der Waals surface area contributed by atoms with Gasteiger partial charge in [0.25, 0.3) is 11.8 Å². The summed E-state index contributed by atoms with van der Waals surface area (Å²) in [5.41, 5.74) is 3.73. The number of hydrazone groups is 1. The summed E-state index contributed by atoms with van der Waals surface area (Å²) < 4.78 is 6.11. The standard InChI is InChI=1S/C23H17BrClN3O4/c24-18-5-2-4-17(12-18)22(30)26-14-21(29)28-27-13-15-3-1-6-20(11-15)32-23(31)16-7-9-19(25)10-8-16/h1-13H,14H2,(H,26,30)(H,28,29)/b27-13+. The third kappa shape index (κ3) is 7.04. The Morgan fingerprint density at radius 3 is 2.47 bits per heavy atom. The van der Waals surface area contributed by atoms with E-state index >= 15 is 0 Å². The lowest BCUT2D eigenvalue weighted by Gasteiger charge is -2.06. The Balaban J connectivity index is 1.49. The van der Waals surface area contributed by atoms with E-state index in [1.165, 1.54) is 6.21 Å². The summed E-state index contributed by atoms with van der Waals surface area (Å²) in [6, 6.07) is 19.8. The molecule has 3 aromatic rings. The van der Waals surface area contributed by atoms with Crippen LogP contribution in [0.25, 0.3) is 0 Å². The number of ether oxygens (including phenoxy) is 1. The Labute approximate surface area is 197 Å². The third-order valence-corrected chi connectivity index (χ3v) is 4.79. The minimum absolute atomic E-state index is 0.235. The molecular formula is C23H17BrClN3O4. The number of nitrogens with zero attached hydrogens (tertiary/aromatic N) is 1. The smallest absolute Gasteiger partial charge is 0.343 e. The van der Waals surface area contributed by atoms with Crippen LogP contribution >= 0.6 is 27.5 Å². The molecule has 7 nitrogen and oxygen atoms in total. The lowest BCUT2D eigenvalue weighted by Crippen LogP contribution is -2.34. The van der Waals surface area contributed by atoms with Crippen molar-refractivity contribution in [2.75, 3.05) is 6.54 Å². The molecule has 3 aromatic carbocycles. The highest BCUT2D eigenvalue weighted by atomic mass is 79.9. The number of esters is 1. The molecule has 9 heteroatoms. The van der Waals surface area contributed by atoms with E-state index in [0.717, 1.165) is 4.47 Å². The second-order valence-corrected chi connectivity index (χ2v) is 7.81. The number of carbonyl (C=O) groups is 3. The predicted octanol–water partition coefficient (Wildman–Crippen LogP) is 4.20. The van der Waals surface area contributed by atoms with Crippen molar-refractivity contribution in [3.63, 3.8) is 0 Å². The van der Waals surface area contributed by atoms with Crippen LogP contribution in [0.15, 0.2) is 82.4 Å². The first-order chi connectivity index (χ1) is 15.4. The fourth-order valence-corrected chi connectivity index (χ4v) is 3.05. The van der Waals surface area contributed by atoms with Crippen LogP contribution in [0.2, 0.25) is 5.02 Å². The maximum absolute atomic E-state index is 12.2. The van der Waals surface area contributed by atoms with Gasteiger partial charge in [-0.3, -0.25) is 9.59 Å². The lowest BCUT2D eigenvalue weighted by atomic mass is 10.2. The Morgan fingerprint density at radius 1 is 0.969 bits per heavy atom. The molecule has 32 heavy (non-hydrogen) atoms. The van der Waals surface area contributed by atoms with Crippen LogP contribution in [-0.2, 0) is 4.79 Å². The van der Waals surface area contributed by atoms with E-state index < -0.39 is 11.9 Å². The molecule has 0 aliphatic carbocycles. The van der Waals surface area contributed by atoms with Crippen molar-refractivity contribution in [2.45, 2.75) is 0 Å². The van der Waals surface area contributed by atoms with Gasteiger partial charge in [0.2, 0.25) is 0 Å². The van der Waals surface area contributed by atoms with Gasteiger partial charge in [0, 0.05) is 15.1 Å². The van der Waals surface area contributed by atoms with E-state index in [1.54, 1.807) is 72.8 Å². The van der Waals surface area contributed by atoms with Crippen LogP contribution in [0.3, 0.4) is 0 Å². The number of rotatable bonds is 7. The van der Waals surface area contributed by atoms with E-state index in [2.05, 4.69) is 31.8 Å². The summed E-state index contributed by atoms with van der Waals surface area (Å²) in [5.74, 6) is -1.07. The average molecular weight is 515 g/mol. The van der Waals surface area contributed by atoms with Gasteiger partial charge < -0.3 is 10.1 Å². The number of hydrogen-bond acceptors (Lipinski definition) is 5. The molecule has 0 aliphatic heterocycles. The van der Waals surface area contributed by atoms with Crippen molar-refractivity contribution in [3.8, 4) is 5.75 Å². The van der Waals surface area contributed by atoms with E-state index in [0.29, 0.717) is 27.5 Å². The molecule has 0 bridgehead atoms. The topological polar surface area (TPSA) is 96.9 Å². The number of carbonyl (C=O) groups excluding carboxylic acids is 3. The fourth-order valence-electron chi connectivity index (χ4n) is 2.52. The molecule has 2 amide bonds. The molecule has 0 saturated heterocycles. The van der Waals surface area contributed by atoms with Gasteiger partial charge >= 0.3 is 5.97 Å². The number of nitrogens with one attached hydrogen (secondary N) is 2. The van der Waals surface area contributed by atoms with Crippen LogP contribution in [0.1, 0.15) is 26.3 Å². The number of amides is 2. The van der Waals surface area contributed by atoms with Crippen LogP contribution in [0.5, 0.6) is 5.75 Å². The highest BCUT2D eigenvalue weighted by Gasteiger charge is 2.09. The Hall–Kier alpha value is -3.49. The minimum atomic E-state index is -0.523.